The van der Waals surface area contributed by atoms with E-state index < -0.39 is 7.59 Å². The van der Waals surface area contributed by atoms with E-state index >= 15 is 0 Å². The summed E-state index contributed by atoms with van der Waals surface area (Å²) in [4.78, 5) is 0. The highest BCUT2D eigenvalue weighted by Gasteiger charge is 2.26. The zero-order valence-corrected chi connectivity index (χ0v) is 15.3. The minimum Gasteiger partial charge on any atom is -0.0717 e. The zero-order chi connectivity index (χ0) is 13.1. The third-order valence-corrected chi connectivity index (χ3v) is 17.8. The van der Waals surface area contributed by atoms with Crippen molar-refractivity contribution in [3.8, 4) is 0 Å². The second-order valence-corrected chi connectivity index (χ2v) is 21.7. The smallest absolute Gasteiger partial charge is 0.0349 e. The number of hydrogen-bond acceptors (Lipinski definition) is 0. The Bertz CT molecular complexity index is 149. The van der Waals surface area contributed by atoms with Gasteiger partial charge in [0.15, 0.2) is 0 Å². The standard InChI is InChI=1S/C15H36Si2/c1-6-8-10-12-14-16(17(3,4)5)15-13-11-9-7-2/h16H,6-15H2,1-5H3. The van der Waals surface area contributed by atoms with Gasteiger partial charge in [-0.15, -0.1) is 0 Å². The van der Waals surface area contributed by atoms with Crippen molar-refractivity contribution in [2.75, 3.05) is 0 Å². The van der Waals surface area contributed by atoms with E-state index in [1.807, 2.05) is 0 Å². The minimum atomic E-state index is -0.768. The maximum absolute atomic E-state index is 2.63. The average molecular weight is 273 g/mol. The second kappa shape index (κ2) is 10.4. The number of hydrogen-bond donors (Lipinski definition) is 0. The van der Waals surface area contributed by atoms with Gasteiger partial charge in [0, 0.05) is 15.9 Å². The molecule has 0 aromatic carbocycles. The first-order valence-corrected chi connectivity index (χ1v) is 15.0. The molecule has 0 aromatic heterocycles. The van der Waals surface area contributed by atoms with Crippen LogP contribution in [0.1, 0.15) is 65.2 Å². The fourth-order valence-corrected chi connectivity index (χ4v) is 12.6. The van der Waals surface area contributed by atoms with Crippen molar-refractivity contribution >= 4 is 15.9 Å². The monoisotopic (exact) mass is 272 g/mol. The van der Waals surface area contributed by atoms with E-state index in [-0.39, 0.29) is 8.31 Å². The van der Waals surface area contributed by atoms with Crippen LogP contribution < -0.4 is 0 Å². The fraction of sp³-hybridized carbons (Fsp3) is 1.00. The summed E-state index contributed by atoms with van der Waals surface area (Å²) >= 11 is 0. The van der Waals surface area contributed by atoms with Gasteiger partial charge in [0.1, 0.15) is 0 Å². The zero-order valence-electron chi connectivity index (χ0n) is 13.1. The molecular formula is C15H36Si2. The van der Waals surface area contributed by atoms with Gasteiger partial charge in [0.25, 0.3) is 0 Å². The van der Waals surface area contributed by atoms with Gasteiger partial charge >= 0.3 is 0 Å². The maximum Gasteiger partial charge on any atom is 0.0349 e. The summed E-state index contributed by atoms with van der Waals surface area (Å²) in [5.41, 5.74) is 0. The molecule has 0 heterocycles. The van der Waals surface area contributed by atoms with Crippen LogP contribution in [0.25, 0.3) is 0 Å². The van der Waals surface area contributed by atoms with E-state index in [4.69, 9.17) is 0 Å². The molecule has 0 aliphatic heterocycles. The van der Waals surface area contributed by atoms with Crippen LogP contribution in [-0.2, 0) is 0 Å². The highest BCUT2D eigenvalue weighted by molar-refractivity contribution is 7.31. The predicted molar refractivity (Wildman–Crippen MR) is 88.4 cm³/mol. The lowest BCUT2D eigenvalue weighted by Gasteiger charge is -2.28. The molecule has 0 bridgehead atoms. The molecule has 0 nitrogen and oxygen atoms in total. The topological polar surface area (TPSA) is 0 Å². The molecule has 2 heteroatoms. The molecule has 0 atom stereocenters. The molecule has 104 valence electrons. The lowest BCUT2D eigenvalue weighted by molar-refractivity contribution is 0.687. The summed E-state index contributed by atoms with van der Waals surface area (Å²) in [5.74, 6) is 0. The SMILES string of the molecule is CCCCCC[SiH](CCCCCC)[Si](C)(C)C. The molecule has 0 radical (unpaired) electrons. The van der Waals surface area contributed by atoms with Crippen LogP contribution in [0.5, 0.6) is 0 Å². The molecule has 0 fully saturated rings. The third kappa shape index (κ3) is 10.1. The van der Waals surface area contributed by atoms with Crippen LogP contribution >= 0.6 is 0 Å². The first kappa shape index (κ1) is 17.4. The Kier molecular flexibility index (Phi) is 10.6. The Labute approximate surface area is 113 Å². The first-order chi connectivity index (χ1) is 8.02. The van der Waals surface area contributed by atoms with Gasteiger partial charge < -0.3 is 0 Å². The molecule has 0 spiro atoms. The predicted octanol–water partition coefficient (Wildman–Crippen LogP) is 5.79. The molecule has 0 rings (SSSR count). The van der Waals surface area contributed by atoms with Gasteiger partial charge in [-0.25, -0.2) is 0 Å². The lowest BCUT2D eigenvalue weighted by atomic mass is 10.2. The molecule has 0 amide bonds. The molecule has 0 aliphatic carbocycles. The highest BCUT2D eigenvalue weighted by atomic mass is 29.2. The van der Waals surface area contributed by atoms with E-state index in [0.29, 0.717) is 0 Å². The second-order valence-electron chi connectivity index (χ2n) is 6.76. The Morgan fingerprint density at radius 1 is 0.647 bits per heavy atom. The van der Waals surface area contributed by atoms with Crippen LogP contribution in [0, 0.1) is 0 Å². The van der Waals surface area contributed by atoms with Crippen molar-refractivity contribution in [3.05, 3.63) is 0 Å². The van der Waals surface area contributed by atoms with Gasteiger partial charge in [0.05, 0.1) is 0 Å². The van der Waals surface area contributed by atoms with Crippen molar-refractivity contribution in [1.82, 2.24) is 0 Å². The molecule has 0 unspecified atom stereocenters. The Morgan fingerprint density at radius 3 is 1.35 bits per heavy atom. The minimum absolute atomic E-state index is 0.368. The summed E-state index contributed by atoms with van der Waals surface area (Å²) in [6, 6.07) is 3.31. The Morgan fingerprint density at radius 2 is 1.06 bits per heavy atom. The molecule has 0 N–H and O–H groups in total. The number of unbranched alkanes of at least 4 members (excludes halogenated alkanes) is 6. The Hall–Kier alpha value is 0.434. The summed E-state index contributed by atoms with van der Waals surface area (Å²) in [5, 5.41) is 0. The van der Waals surface area contributed by atoms with E-state index in [2.05, 4.69) is 33.5 Å². The summed E-state index contributed by atoms with van der Waals surface area (Å²) in [6.45, 7) is 12.5. The molecule has 0 saturated carbocycles. The quantitative estimate of drug-likeness (QED) is 0.330. The van der Waals surface area contributed by atoms with Gasteiger partial charge in [-0.3, -0.25) is 0 Å². The van der Waals surface area contributed by atoms with Gasteiger partial charge in [0.2, 0.25) is 0 Å². The summed E-state index contributed by atoms with van der Waals surface area (Å²) in [6.07, 6.45) is 11.8. The van der Waals surface area contributed by atoms with Gasteiger partial charge in [-0.2, -0.15) is 0 Å². The van der Waals surface area contributed by atoms with E-state index in [9.17, 15) is 0 Å². The van der Waals surface area contributed by atoms with Crippen molar-refractivity contribution < 1.29 is 0 Å². The average Bonchev–Trinajstić information content (AvgIpc) is 2.25. The largest absolute Gasteiger partial charge is 0.0717 e. The summed E-state index contributed by atoms with van der Waals surface area (Å²) < 4.78 is 0. The van der Waals surface area contributed by atoms with E-state index in [1.165, 1.54) is 38.5 Å². The molecule has 17 heavy (non-hydrogen) atoms. The van der Waals surface area contributed by atoms with Crippen LogP contribution in [0.2, 0.25) is 31.7 Å². The van der Waals surface area contributed by atoms with Crippen LogP contribution in [0.4, 0.5) is 0 Å². The Balaban J connectivity index is 3.81. The van der Waals surface area contributed by atoms with Gasteiger partial charge in [-0.05, 0) is 0 Å². The van der Waals surface area contributed by atoms with Crippen molar-refractivity contribution in [3.63, 3.8) is 0 Å². The fourth-order valence-electron chi connectivity index (χ4n) is 2.65. The van der Waals surface area contributed by atoms with Crippen LogP contribution in [0.3, 0.4) is 0 Å². The van der Waals surface area contributed by atoms with Crippen LogP contribution in [-0.4, -0.2) is 15.9 Å². The molecular weight excluding hydrogens is 236 g/mol. The van der Waals surface area contributed by atoms with E-state index in [1.54, 1.807) is 24.9 Å². The normalized spacial score (nSPS) is 12.4. The highest BCUT2D eigenvalue weighted by Crippen LogP contribution is 2.21. The van der Waals surface area contributed by atoms with Crippen molar-refractivity contribution in [1.29, 1.82) is 0 Å². The summed E-state index contributed by atoms with van der Waals surface area (Å²) in [7, 11) is -1.14. The third-order valence-electron chi connectivity index (χ3n) is 4.04. The van der Waals surface area contributed by atoms with Crippen LogP contribution in [0.15, 0.2) is 0 Å². The van der Waals surface area contributed by atoms with Gasteiger partial charge in [-0.1, -0.05) is 96.9 Å². The molecule has 0 aromatic rings. The van der Waals surface area contributed by atoms with Crippen molar-refractivity contribution in [2.24, 2.45) is 0 Å². The van der Waals surface area contributed by atoms with E-state index in [0.717, 1.165) is 0 Å². The van der Waals surface area contributed by atoms with Crippen molar-refractivity contribution in [2.45, 2.75) is 96.9 Å². The number of rotatable bonds is 11. The lowest BCUT2D eigenvalue weighted by Crippen LogP contribution is -2.42. The molecule has 0 aliphatic rings. The molecule has 0 saturated heterocycles. The first-order valence-electron chi connectivity index (χ1n) is 8.02. The maximum atomic E-state index is 2.63.